The number of hydrogen-bond acceptors (Lipinski definition) is 4. The van der Waals surface area contributed by atoms with Crippen molar-refractivity contribution >= 4 is 27.5 Å². The summed E-state index contributed by atoms with van der Waals surface area (Å²) in [5, 5.41) is 0.893. The minimum absolute atomic E-state index is 0.0979. The van der Waals surface area contributed by atoms with E-state index in [1.165, 1.54) is 34.4 Å². The number of aryl methyl sites for hydroxylation is 2. The summed E-state index contributed by atoms with van der Waals surface area (Å²) in [6.07, 6.45) is 5.55. The Bertz CT molecular complexity index is 1080. The minimum atomic E-state index is 0.0979. The first-order valence-corrected chi connectivity index (χ1v) is 10.8. The Morgan fingerprint density at radius 1 is 1.07 bits per heavy atom. The van der Waals surface area contributed by atoms with E-state index in [1.54, 1.807) is 11.3 Å². The number of anilines is 1. The van der Waals surface area contributed by atoms with Gasteiger partial charge in [-0.3, -0.25) is 9.36 Å². The molecule has 5 rings (SSSR count). The zero-order valence-electron chi connectivity index (χ0n) is 16.0. The van der Waals surface area contributed by atoms with Crippen LogP contribution >= 0.6 is 11.3 Å². The van der Waals surface area contributed by atoms with E-state index in [0.29, 0.717) is 0 Å². The van der Waals surface area contributed by atoms with Gasteiger partial charge in [0.1, 0.15) is 4.83 Å². The first kappa shape index (κ1) is 17.0. The molecule has 2 aliphatic rings. The third kappa shape index (κ3) is 2.71. The van der Waals surface area contributed by atoms with Crippen LogP contribution in [-0.2, 0) is 25.8 Å². The molecule has 0 radical (unpaired) electrons. The summed E-state index contributed by atoms with van der Waals surface area (Å²) < 4.78 is 1.93. The Kier molecular flexibility index (Phi) is 4.08. The molecule has 0 saturated heterocycles. The van der Waals surface area contributed by atoms with E-state index < -0.39 is 0 Å². The molecular formula is C22H25N3OS. The second-order valence-corrected chi connectivity index (χ2v) is 9.10. The maximum absolute atomic E-state index is 13.5. The van der Waals surface area contributed by atoms with E-state index in [0.717, 1.165) is 48.5 Å². The van der Waals surface area contributed by atoms with Crippen molar-refractivity contribution in [3.8, 4) is 0 Å². The lowest BCUT2D eigenvalue weighted by atomic mass is 9.97. The van der Waals surface area contributed by atoms with Gasteiger partial charge in [0.15, 0.2) is 0 Å². The lowest BCUT2D eigenvalue weighted by Gasteiger charge is -2.32. The second kappa shape index (κ2) is 6.48. The van der Waals surface area contributed by atoms with Gasteiger partial charge in [-0.1, -0.05) is 24.3 Å². The summed E-state index contributed by atoms with van der Waals surface area (Å²) >= 11 is 1.75. The smallest absolute Gasteiger partial charge is 0.264 e. The first-order chi connectivity index (χ1) is 13.1. The zero-order valence-corrected chi connectivity index (χ0v) is 16.8. The van der Waals surface area contributed by atoms with Gasteiger partial charge in [0.25, 0.3) is 5.56 Å². The second-order valence-electron chi connectivity index (χ2n) is 8.01. The van der Waals surface area contributed by atoms with Gasteiger partial charge < -0.3 is 4.90 Å². The summed E-state index contributed by atoms with van der Waals surface area (Å²) in [4.78, 5) is 23.2. The predicted octanol–water partition coefficient (Wildman–Crippen LogP) is 4.48. The molecule has 3 aromatic rings. The van der Waals surface area contributed by atoms with Crippen molar-refractivity contribution in [3.63, 3.8) is 0 Å². The molecule has 27 heavy (non-hydrogen) atoms. The molecule has 0 bridgehead atoms. The quantitative estimate of drug-likeness (QED) is 0.659. The average Bonchev–Trinajstić information content (AvgIpc) is 3.06. The Morgan fingerprint density at radius 2 is 1.85 bits per heavy atom. The molecule has 0 saturated carbocycles. The molecule has 4 nitrogen and oxygen atoms in total. The molecule has 0 N–H and O–H groups in total. The van der Waals surface area contributed by atoms with E-state index in [1.807, 2.05) is 4.57 Å². The molecule has 5 heteroatoms. The fraction of sp³-hybridized carbons (Fsp3) is 0.455. The molecule has 0 unspecified atom stereocenters. The third-order valence-electron chi connectivity index (χ3n) is 5.93. The van der Waals surface area contributed by atoms with Gasteiger partial charge in [-0.15, -0.1) is 11.3 Å². The van der Waals surface area contributed by atoms with E-state index in [2.05, 4.69) is 43.0 Å². The van der Waals surface area contributed by atoms with Crippen LogP contribution in [0.5, 0.6) is 0 Å². The Morgan fingerprint density at radius 3 is 2.67 bits per heavy atom. The summed E-state index contributed by atoms with van der Waals surface area (Å²) in [5.74, 6) is 0.843. The maximum atomic E-state index is 13.5. The van der Waals surface area contributed by atoms with E-state index >= 15 is 0 Å². The van der Waals surface area contributed by atoms with Gasteiger partial charge in [0.2, 0.25) is 5.95 Å². The van der Waals surface area contributed by atoms with Gasteiger partial charge in [0, 0.05) is 24.0 Å². The predicted molar refractivity (Wildman–Crippen MR) is 112 cm³/mol. The summed E-state index contributed by atoms with van der Waals surface area (Å²) in [6, 6.07) is 8.72. The molecule has 0 amide bonds. The summed E-state index contributed by atoms with van der Waals surface area (Å²) in [6.45, 7) is 5.92. The minimum Gasteiger partial charge on any atom is -0.337 e. The highest BCUT2D eigenvalue weighted by molar-refractivity contribution is 7.18. The van der Waals surface area contributed by atoms with E-state index in [-0.39, 0.29) is 11.6 Å². The molecule has 140 valence electrons. The van der Waals surface area contributed by atoms with Crippen LogP contribution in [0.25, 0.3) is 10.2 Å². The standard InChI is InChI=1S/C22H25N3OS/c1-14(2)25-21(26)19-17-9-5-6-10-18(17)27-20(19)23-22(25)24-12-11-15-7-3-4-8-16(15)13-24/h3-4,7-8,14H,5-6,9-13H2,1-2H3. The molecule has 1 aliphatic heterocycles. The highest BCUT2D eigenvalue weighted by Crippen LogP contribution is 2.35. The van der Waals surface area contributed by atoms with Crippen LogP contribution in [0.4, 0.5) is 5.95 Å². The Balaban J connectivity index is 1.68. The largest absolute Gasteiger partial charge is 0.337 e. The summed E-state index contributed by atoms with van der Waals surface area (Å²) in [7, 11) is 0. The molecular weight excluding hydrogens is 354 g/mol. The average molecular weight is 380 g/mol. The van der Waals surface area contributed by atoms with Gasteiger partial charge in [-0.25, -0.2) is 4.98 Å². The normalized spacial score (nSPS) is 16.6. The van der Waals surface area contributed by atoms with Crippen molar-refractivity contribution in [3.05, 3.63) is 56.2 Å². The Hall–Kier alpha value is -2.14. The lowest BCUT2D eigenvalue weighted by molar-refractivity contribution is 0.552. The highest BCUT2D eigenvalue weighted by Gasteiger charge is 2.26. The van der Waals surface area contributed by atoms with Crippen molar-refractivity contribution in [1.29, 1.82) is 0 Å². The van der Waals surface area contributed by atoms with Crippen molar-refractivity contribution in [1.82, 2.24) is 9.55 Å². The number of rotatable bonds is 2. The maximum Gasteiger partial charge on any atom is 0.264 e. The van der Waals surface area contributed by atoms with Gasteiger partial charge >= 0.3 is 0 Å². The highest BCUT2D eigenvalue weighted by atomic mass is 32.1. The summed E-state index contributed by atoms with van der Waals surface area (Å²) in [5.41, 5.74) is 4.20. The number of benzene rings is 1. The monoisotopic (exact) mass is 379 g/mol. The van der Waals surface area contributed by atoms with Crippen LogP contribution in [0.15, 0.2) is 29.1 Å². The van der Waals surface area contributed by atoms with Gasteiger partial charge in [0.05, 0.1) is 5.39 Å². The zero-order chi connectivity index (χ0) is 18.5. The van der Waals surface area contributed by atoms with Crippen LogP contribution in [0.1, 0.15) is 54.3 Å². The first-order valence-electron chi connectivity index (χ1n) is 10.0. The fourth-order valence-electron chi connectivity index (χ4n) is 4.56. The molecule has 0 fully saturated rings. The molecule has 1 aliphatic carbocycles. The number of nitrogens with zero attached hydrogens (tertiary/aromatic N) is 3. The topological polar surface area (TPSA) is 38.1 Å². The van der Waals surface area contributed by atoms with Crippen molar-refractivity contribution < 1.29 is 0 Å². The van der Waals surface area contributed by atoms with Crippen LogP contribution in [0, 0.1) is 0 Å². The molecule has 2 aromatic heterocycles. The molecule has 0 spiro atoms. The van der Waals surface area contributed by atoms with Crippen LogP contribution in [-0.4, -0.2) is 16.1 Å². The van der Waals surface area contributed by atoms with Gasteiger partial charge in [-0.2, -0.15) is 0 Å². The van der Waals surface area contributed by atoms with Crippen molar-refractivity contribution in [2.24, 2.45) is 0 Å². The fourth-order valence-corrected chi connectivity index (χ4v) is 5.81. The molecule has 3 heterocycles. The van der Waals surface area contributed by atoms with Crippen LogP contribution < -0.4 is 10.5 Å². The van der Waals surface area contributed by atoms with Crippen LogP contribution in [0.2, 0.25) is 0 Å². The SMILES string of the molecule is CC(C)n1c(N2CCc3ccccc3C2)nc2sc3c(c2c1=O)CCCC3. The number of hydrogen-bond donors (Lipinski definition) is 0. The number of fused-ring (bicyclic) bond motifs is 4. The lowest BCUT2D eigenvalue weighted by Crippen LogP contribution is -2.37. The van der Waals surface area contributed by atoms with Crippen LogP contribution in [0.3, 0.4) is 0 Å². The molecule has 1 aromatic carbocycles. The van der Waals surface area contributed by atoms with E-state index in [4.69, 9.17) is 4.98 Å². The third-order valence-corrected chi connectivity index (χ3v) is 7.12. The number of aromatic nitrogens is 2. The Labute approximate surface area is 163 Å². The van der Waals surface area contributed by atoms with Crippen molar-refractivity contribution in [2.75, 3.05) is 11.4 Å². The van der Waals surface area contributed by atoms with Gasteiger partial charge in [-0.05, 0) is 62.6 Å². The van der Waals surface area contributed by atoms with Crippen molar-refractivity contribution in [2.45, 2.75) is 58.5 Å². The van der Waals surface area contributed by atoms with E-state index in [9.17, 15) is 4.79 Å². The number of thiophene rings is 1. The molecule has 0 atom stereocenters.